The number of carbonyl (C=O) groups is 1. The van der Waals surface area contributed by atoms with Crippen LogP contribution in [-0.4, -0.2) is 47.4 Å². The normalized spacial score (nSPS) is 20.4. The molecule has 0 unspecified atom stereocenters. The Kier molecular flexibility index (Phi) is 5.32. The molecule has 178 valence electrons. The van der Waals surface area contributed by atoms with E-state index < -0.39 is 0 Å². The lowest BCUT2D eigenvalue weighted by molar-refractivity contribution is -0.343. The summed E-state index contributed by atoms with van der Waals surface area (Å²) in [5, 5.41) is 3.61. The van der Waals surface area contributed by atoms with Crippen LogP contribution in [0.5, 0.6) is 0 Å². The second-order valence-corrected chi connectivity index (χ2v) is 10.3. The molecule has 3 aromatic rings. The molecule has 6 rings (SSSR count). The van der Waals surface area contributed by atoms with E-state index in [9.17, 15) is 4.79 Å². The molecule has 1 aliphatic carbocycles. The number of halogens is 1. The highest BCUT2D eigenvalue weighted by atomic mass is 35.5. The molecule has 2 aliphatic heterocycles. The second-order valence-electron chi connectivity index (χ2n) is 9.86. The van der Waals surface area contributed by atoms with Crippen molar-refractivity contribution >= 4 is 28.8 Å². The van der Waals surface area contributed by atoms with Gasteiger partial charge in [0.25, 0.3) is 5.91 Å². The summed E-state index contributed by atoms with van der Waals surface area (Å²) in [7, 11) is 0. The van der Waals surface area contributed by atoms with Gasteiger partial charge in [0, 0.05) is 49.8 Å². The predicted molar refractivity (Wildman–Crippen MR) is 130 cm³/mol. The molecule has 2 aromatic heterocycles. The number of ether oxygens (including phenoxy) is 2. The Hall–Kier alpha value is -2.61. The summed E-state index contributed by atoms with van der Waals surface area (Å²) in [6, 6.07) is 12.1. The number of fused-ring (bicyclic) bond motifs is 1. The summed E-state index contributed by atoms with van der Waals surface area (Å²) in [5.74, 6) is -0.442. The lowest BCUT2D eigenvalue weighted by Crippen LogP contribution is -2.70. The zero-order valence-electron chi connectivity index (χ0n) is 19.3. The van der Waals surface area contributed by atoms with Crippen LogP contribution in [0.15, 0.2) is 42.6 Å². The summed E-state index contributed by atoms with van der Waals surface area (Å²) < 4.78 is 13.6. The van der Waals surface area contributed by atoms with Crippen molar-refractivity contribution in [3.05, 3.63) is 64.6 Å². The first kappa shape index (κ1) is 21.9. The maximum absolute atomic E-state index is 13.0. The van der Waals surface area contributed by atoms with E-state index >= 15 is 0 Å². The number of amides is 1. The number of nitrogens with one attached hydrogen (secondary N) is 1. The summed E-state index contributed by atoms with van der Waals surface area (Å²) in [6.45, 7) is 6.20. The minimum absolute atomic E-state index is 0.147. The number of aryl methyl sites for hydroxylation is 1. The molecule has 2 saturated heterocycles. The zero-order valence-corrected chi connectivity index (χ0v) is 20.1. The van der Waals surface area contributed by atoms with Crippen LogP contribution in [-0.2, 0) is 22.4 Å². The highest BCUT2D eigenvalue weighted by molar-refractivity contribution is 6.30. The Labute approximate surface area is 204 Å². The fourth-order valence-corrected chi connectivity index (χ4v) is 5.89. The van der Waals surface area contributed by atoms with Crippen LogP contribution < -0.4 is 10.2 Å². The van der Waals surface area contributed by atoms with E-state index in [1.165, 1.54) is 5.69 Å². The molecule has 7 nitrogen and oxygen atoms in total. The van der Waals surface area contributed by atoms with Crippen molar-refractivity contribution in [2.45, 2.75) is 44.9 Å². The minimum Gasteiger partial charge on any atom is -0.370 e. The van der Waals surface area contributed by atoms with Gasteiger partial charge in [0.2, 0.25) is 0 Å². The highest BCUT2D eigenvalue weighted by Gasteiger charge is 2.62. The number of rotatable bonds is 5. The van der Waals surface area contributed by atoms with Gasteiger partial charge in [0.1, 0.15) is 11.3 Å². The number of benzene rings is 1. The number of hydrogen-bond donors (Lipinski definition) is 1. The number of carbonyl (C=O) groups excluding carboxylic acids is 1. The topological polar surface area (TPSA) is 68.1 Å². The first-order chi connectivity index (χ1) is 16.5. The largest absolute Gasteiger partial charge is 0.370 e. The van der Waals surface area contributed by atoms with Gasteiger partial charge in [0.05, 0.1) is 23.9 Å². The van der Waals surface area contributed by atoms with E-state index in [2.05, 4.69) is 39.5 Å². The molecule has 0 radical (unpaired) electrons. The molecule has 3 fully saturated rings. The van der Waals surface area contributed by atoms with Crippen LogP contribution in [0.2, 0.25) is 5.02 Å². The van der Waals surface area contributed by atoms with Crippen molar-refractivity contribution in [3.63, 3.8) is 0 Å². The van der Waals surface area contributed by atoms with Crippen LogP contribution in [0.3, 0.4) is 0 Å². The van der Waals surface area contributed by atoms with Crippen molar-refractivity contribution in [3.8, 4) is 0 Å². The van der Waals surface area contributed by atoms with Gasteiger partial charge in [-0.25, -0.2) is 4.98 Å². The van der Waals surface area contributed by atoms with E-state index in [1.807, 2.05) is 13.0 Å². The molecular weight excluding hydrogens is 452 g/mol. The predicted octanol–water partition coefficient (Wildman–Crippen LogP) is 4.21. The van der Waals surface area contributed by atoms with Gasteiger partial charge >= 0.3 is 0 Å². The van der Waals surface area contributed by atoms with Crippen LogP contribution >= 0.6 is 11.6 Å². The summed E-state index contributed by atoms with van der Waals surface area (Å²) >= 11 is 6.15. The summed E-state index contributed by atoms with van der Waals surface area (Å²) in [5.41, 5.74) is 4.66. The number of aromatic nitrogens is 2. The second kappa shape index (κ2) is 8.26. The third-order valence-corrected chi connectivity index (χ3v) is 7.54. The Bertz CT molecular complexity index is 1220. The first-order valence-electron chi connectivity index (χ1n) is 12.0. The SMILES string of the molecule is CCc1nc2ccc(Cl)cn2c1C(=O)NCc1ccc(N2CC3(C2)CC2(C3)OCCCO2)cc1. The number of anilines is 1. The Balaban J connectivity index is 1.06. The van der Waals surface area contributed by atoms with E-state index in [1.54, 1.807) is 16.7 Å². The maximum atomic E-state index is 13.0. The van der Waals surface area contributed by atoms with Gasteiger partial charge in [-0.2, -0.15) is 0 Å². The third kappa shape index (κ3) is 3.76. The molecule has 4 heterocycles. The Morgan fingerprint density at radius 3 is 2.56 bits per heavy atom. The average molecular weight is 481 g/mol. The van der Waals surface area contributed by atoms with Crippen LogP contribution in [0, 0.1) is 5.41 Å². The number of nitrogens with zero attached hydrogens (tertiary/aromatic N) is 3. The van der Waals surface area contributed by atoms with Gasteiger partial charge < -0.3 is 19.7 Å². The van der Waals surface area contributed by atoms with Crippen LogP contribution in [0.4, 0.5) is 5.69 Å². The smallest absolute Gasteiger partial charge is 0.270 e. The van der Waals surface area contributed by atoms with Gasteiger partial charge in [-0.1, -0.05) is 30.7 Å². The standard InChI is InChI=1S/C26H29ClN4O3/c1-2-21-23(31-13-19(27)6-9-22(31)29-21)24(32)28-12-18-4-7-20(8-5-18)30-16-25(17-30)14-26(15-25)33-10-3-11-34-26/h4-9,13H,2-3,10-12,14-17H2,1H3,(H,28,32). The van der Waals surface area contributed by atoms with E-state index in [4.69, 9.17) is 21.1 Å². The Morgan fingerprint density at radius 2 is 1.85 bits per heavy atom. The van der Waals surface area contributed by atoms with E-state index in [0.29, 0.717) is 29.1 Å². The molecule has 2 spiro atoms. The molecule has 0 atom stereocenters. The highest BCUT2D eigenvalue weighted by Crippen LogP contribution is 2.57. The molecule has 1 N–H and O–H groups in total. The lowest BCUT2D eigenvalue weighted by Gasteiger charge is -2.64. The number of pyridine rings is 1. The summed E-state index contributed by atoms with van der Waals surface area (Å²) in [4.78, 5) is 20.0. The van der Waals surface area contributed by atoms with Crippen molar-refractivity contribution in [1.82, 2.24) is 14.7 Å². The van der Waals surface area contributed by atoms with Crippen molar-refractivity contribution < 1.29 is 14.3 Å². The lowest BCUT2D eigenvalue weighted by atomic mass is 9.59. The van der Waals surface area contributed by atoms with E-state index in [0.717, 1.165) is 62.5 Å². The third-order valence-electron chi connectivity index (χ3n) is 7.32. The zero-order chi connectivity index (χ0) is 23.3. The number of hydrogen-bond acceptors (Lipinski definition) is 5. The summed E-state index contributed by atoms with van der Waals surface area (Å²) in [6.07, 6.45) is 5.43. The molecular formula is C26H29ClN4O3. The maximum Gasteiger partial charge on any atom is 0.270 e. The van der Waals surface area contributed by atoms with E-state index in [-0.39, 0.29) is 11.7 Å². The fraction of sp³-hybridized carbons (Fsp3) is 0.462. The Morgan fingerprint density at radius 1 is 1.12 bits per heavy atom. The monoisotopic (exact) mass is 480 g/mol. The first-order valence-corrected chi connectivity index (χ1v) is 12.4. The molecule has 1 aromatic carbocycles. The van der Waals surface area contributed by atoms with Crippen LogP contribution in [0.25, 0.3) is 5.65 Å². The molecule has 8 heteroatoms. The van der Waals surface area contributed by atoms with Crippen molar-refractivity contribution in [2.24, 2.45) is 5.41 Å². The molecule has 3 aliphatic rings. The molecule has 1 saturated carbocycles. The number of imidazole rings is 1. The molecule has 34 heavy (non-hydrogen) atoms. The average Bonchev–Trinajstić information content (AvgIpc) is 3.18. The molecule has 1 amide bonds. The van der Waals surface area contributed by atoms with Gasteiger partial charge in [0.15, 0.2) is 5.79 Å². The minimum atomic E-state index is -0.295. The van der Waals surface area contributed by atoms with Crippen LogP contribution in [0.1, 0.15) is 47.9 Å². The van der Waals surface area contributed by atoms with Gasteiger partial charge in [-0.3, -0.25) is 9.20 Å². The van der Waals surface area contributed by atoms with Crippen molar-refractivity contribution in [2.75, 3.05) is 31.2 Å². The molecule has 0 bridgehead atoms. The quantitative estimate of drug-likeness (QED) is 0.592. The van der Waals surface area contributed by atoms with Crippen molar-refractivity contribution in [1.29, 1.82) is 0 Å². The van der Waals surface area contributed by atoms with Gasteiger partial charge in [-0.15, -0.1) is 0 Å². The fourth-order valence-electron chi connectivity index (χ4n) is 5.73. The van der Waals surface area contributed by atoms with Gasteiger partial charge in [-0.05, 0) is 42.7 Å².